The van der Waals surface area contributed by atoms with Crippen LogP contribution in [0.5, 0.6) is 5.88 Å². The fourth-order valence-electron chi connectivity index (χ4n) is 4.21. The Kier molecular flexibility index (Phi) is 5.17. The molecule has 1 saturated carbocycles. The third-order valence-corrected chi connectivity index (χ3v) is 5.84. The molecule has 3 aromatic rings. The maximum Gasteiger partial charge on any atom is 0.423 e. The highest BCUT2D eigenvalue weighted by Gasteiger charge is 2.38. The Bertz CT molecular complexity index is 1070. The second kappa shape index (κ2) is 7.99. The zero-order valence-corrected chi connectivity index (χ0v) is 16.7. The molecule has 0 amide bonds. The number of alkyl halides is 3. The number of fused-ring (bicyclic) bond motifs is 1. The molecule has 1 aromatic carbocycles. The number of H-pyrrole nitrogens is 1. The van der Waals surface area contributed by atoms with Gasteiger partial charge in [0.05, 0.1) is 24.4 Å². The zero-order valence-electron chi connectivity index (χ0n) is 16.7. The van der Waals surface area contributed by atoms with Gasteiger partial charge < -0.3 is 14.8 Å². The molecular formula is C21H22F3N5O2. The molecule has 0 radical (unpaired) electrons. The predicted molar refractivity (Wildman–Crippen MR) is 107 cm³/mol. The summed E-state index contributed by atoms with van der Waals surface area (Å²) in [6.45, 7) is 0.512. The number of aromatic nitrogens is 4. The van der Waals surface area contributed by atoms with Crippen LogP contribution in [0, 0.1) is 0 Å². The number of hydrogen-bond donors (Lipinski definition) is 2. The van der Waals surface area contributed by atoms with Crippen LogP contribution in [0.4, 0.5) is 19.1 Å². The summed E-state index contributed by atoms with van der Waals surface area (Å²) in [5.74, 6) is -0.0653. The van der Waals surface area contributed by atoms with E-state index in [1.807, 2.05) is 18.2 Å². The molecule has 0 bridgehead atoms. The van der Waals surface area contributed by atoms with Crippen LogP contribution in [-0.4, -0.2) is 45.5 Å². The summed E-state index contributed by atoms with van der Waals surface area (Å²) in [7, 11) is 0. The van der Waals surface area contributed by atoms with Gasteiger partial charge in [-0.1, -0.05) is 24.6 Å². The van der Waals surface area contributed by atoms with Crippen molar-refractivity contribution in [3.63, 3.8) is 0 Å². The fourth-order valence-corrected chi connectivity index (χ4v) is 4.21. The summed E-state index contributed by atoms with van der Waals surface area (Å²) in [6.07, 6.45) is -0.553. The molecule has 2 N–H and O–H groups in total. The Labute approximate surface area is 176 Å². The van der Waals surface area contributed by atoms with Gasteiger partial charge in [-0.25, -0.2) is 4.98 Å². The molecule has 2 atom stereocenters. The molecule has 31 heavy (non-hydrogen) atoms. The van der Waals surface area contributed by atoms with Crippen molar-refractivity contribution in [3.05, 3.63) is 41.7 Å². The summed E-state index contributed by atoms with van der Waals surface area (Å²) in [4.78, 5) is 7.96. The third kappa shape index (κ3) is 4.16. The van der Waals surface area contributed by atoms with E-state index in [4.69, 9.17) is 9.47 Å². The topological polar surface area (TPSA) is 85.0 Å². The monoisotopic (exact) mass is 433 g/mol. The molecule has 2 aromatic heterocycles. The SMILES string of the molecule is FC(F)(F)c1cnc(N[C@@H]2CCC[C@@H](c3n[nH]c4ccccc34)C2)nc1OC1COC1. The third-order valence-electron chi connectivity index (χ3n) is 5.84. The lowest BCUT2D eigenvalue weighted by Crippen LogP contribution is -2.39. The highest BCUT2D eigenvalue weighted by Crippen LogP contribution is 2.38. The standard InChI is InChI=1S/C21H22F3N5O2/c22-21(23,24)16-9-25-20(27-19(16)31-14-10-30-11-14)26-13-5-3-4-12(8-13)18-15-6-1-2-7-17(15)28-29-18/h1-2,6-7,9,12-14H,3-5,8,10-11H2,(H,28,29)(H,25,26,27)/t12-,13-/m1/s1. The number of para-hydroxylation sites is 1. The average molecular weight is 433 g/mol. The van der Waals surface area contributed by atoms with Crippen LogP contribution >= 0.6 is 0 Å². The minimum atomic E-state index is -4.59. The van der Waals surface area contributed by atoms with Crippen LogP contribution in [0.15, 0.2) is 30.5 Å². The van der Waals surface area contributed by atoms with Crippen molar-refractivity contribution in [2.24, 2.45) is 0 Å². The summed E-state index contributed by atoms with van der Waals surface area (Å²) in [5, 5.41) is 11.9. The van der Waals surface area contributed by atoms with Gasteiger partial charge in [-0.3, -0.25) is 5.10 Å². The summed E-state index contributed by atoms with van der Waals surface area (Å²) in [5.41, 5.74) is 1.05. The van der Waals surface area contributed by atoms with Crippen LogP contribution < -0.4 is 10.1 Å². The maximum atomic E-state index is 13.3. The first-order chi connectivity index (χ1) is 15.0. The van der Waals surface area contributed by atoms with Gasteiger partial charge in [0.25, 0.3) is 0 Å². The molecule has 0 unspecified atom stereocenters. The smallest absolute Gasteiger partial charge is 0.423 e. The summed E-state index contributed by atoms with van der Waals surface area (Å²) in [6, 6.07) is 8.04. The molecular weight excluding hydrogens is 411 g/mol. The number of halogens is 3. The van der Waals surface area contributed by atoms with Crippen molar-refractivity contribution in [1.82, 2.24) is 20.2 Å². The van der Waals surface area contributed by atoms with E-state index < -0.39 is 23.7 Å². The van der Waals surface area contributed by atoms with Crippen LogP contribution in [0.1, 0.15) is 42.9 Å². The van der Waals surface area contributed by atoms with Gasteiger partial charge in [0.15, 0.2) is 0 Å². The maximum absolute atomic E-state index is 13.3. The van der Waals surface area contributed by atoms with Crippen molar-refractivity contribution in [2.45, 2.75) is 49.9 Å². The number of rotatable bonds is 5. The second-order valence-corrected chi connectivity index (χ2v) is 8.05. The van der Waals surface area contributed by atoms with Crippen molar-refractivity contribution < 1.29 is 22.6 Å². The number of benzene rings is 1. The normalized spacial score (nSPS) is 22.3. The highest BCUT2D eigenvalue weighted by molar-refractivity contribution is 5.81. The largest absolute Gasteiger partial charge is 0.469 e. The molecule has 7 nitrogen and oxygen atoms in total. The van der Waals surface area contributed by atoms with E-state index in [1.165, 1.54) is 0 Å². The van der Waals surface area contributed by atoms with Gasteiger partial charge >= 0.3 is 6.18 Å². The molecule has 0 spiro atoms. The first kappa shape index (κ1) is 20.0. The van der Waals surface area contributed by atoms with Gasteiger partial charge in [-0.2, -0.15) is 23.3 Å². The lowest BCUT2D eigenvalue weighted by molar-refractivity contribution is -0.142. The summed E-state index contributed by atoms with van der Waals surface area (Å²) < 4.78 is 50.4. The van der Waals surface area contributed by atoms with E-state index in [1.54, 1.807) is 0 Å². The highest BCUT2D eigenvalue weighted by atomic mass is 19.4. The number of nitrogens with one attached hydrogen (secondary N) is 2. The average Bonchev–Trinajstić information content (AvgIpc) is 3.14. The Balaban J connectivity index is 1.33. The lowest BCUT2D eigenvalue weighted by atomic mass is 9.83. The van der Waals surface area contributed by atoms with Crippen molar-refractivity contribution in [1.29, 1.82) is 0 Å². The van der Waals surface area contributed by atoms with E-state index in [9.17, 15) is 13.2 Å². The molecule has 2 aliphatic rings. The molecule has 1 saturated heterocycles. The molecule has 10 heteroatoms. The van der Waals surface area contributed by atoms with Crippen molar-refractivity contribution in [3.8, 4) is 5.88 Å². The number of aromatic amines is 1. The van der Waals surface area contributed by atoms with Gasteiger partial charge in [0.1, 0.15) is 11.7 Å². The molecule has 3 heterocycles. The van der Waals surface area contributed by atoms with E-state index >= 15 is 0 Å². The van der Waals surface area contributed by atoms with Gasteiger partial charge in [-0.15, -0.1) is 0 Å². The van der Waals surface area contributed by atoms with Crippen LogP contribution in [-0.2, 0) is 10.9 Å². The molecule has 2 fully saturated rings. The Morgan fingerprint density at radius 2 is 2.00 bits per heavy atom. The first-order valence-electron chi connectivity index (χ1n) is 10.4. The zero-order chi connectivity index (χ0) is 21.4. The fraction of sp³-hybridized carbons (Fsp3) is 0.476. The molecule has 1 aliphatic heterocycles. The minimum Gasteiger partial charge on any atom is -0.469 e. The Morgan fingerprint density at radius 3 is 2.77 bits per heavy atom. The Morgan fingerprint density at radius 1 is 1.16 bits per heavy atom. The van der Waals surface area contributed by atoms with Gasteiger partial charge in [-0.05, 0) is 25.3 Å². The lowest BCUT2D eigenvalue weighted by Gasteiger charge is -2.30. The molecule has 1 aliphatic carbocycles. The summed E-state index contributed by atoms with van der Waals surface area (Å²) >= 11 is 0. The number of hydrogen-bond acceptors (Lipinski definition) is 6. The number of ether oxygens (including phenoxy) is 2. The molecule has 164 valence electrons. The second-order valence-electron chi connectivity index (χ2n) is 8.05. The van der Waals surface area contributed by atoms with Crippen molar-refractivity contribution >= 4 is 16.9 Å². The number of anilines is 1. The van der Waals surface area contributed by atoms with Gasteiger partial charge in [0, 0.05) is 23.5 Å². The van der Waals surface area contributed by atoms with Crippen LogP contribution in [0.2, 0.25) is 0 Å². The predicted octanol–water partition coefficient (Wildman–Crippen LogP) is 4.29. The van der Waals surface area contributed by atoms with Gasteiger partial charge in [0.2, 0.25) is 11.8 Å². The quantitative estimate of drug-likeness (QED) is 0.625. The number of nitrogens with zero attached hydrogens (tertiary/aromatic N) is 3. The van der Waals surface area contributed by atoms with E-state index in [2.05, 4.69) is 31.5 Å². The van der Waals surface area contributed by atoms with E-state index in [0.29, 0.717) is 0 Å². The van der Waals surface area contributed by atoms with Crippen LogP contribution in [0.3, 0.4) is 0 Å². The first-order valence-corrected chi connectivity index (χ1v) is 10.4. The Hall–Kier alpha value is -2.88. The van der Waals surface area contributed by atoms with E-state index in [-0.39, 0.29) is 31.1 Å². The van der Waals surface area contributed by atoms with E-state index in [0.717, 1.165) is 48.5 Å². The van der Waals surface area contributed by atoms with Crippen molar-refractivity contribution in [2.75, 3.05) is 18.5 Å². The molecule has 5 rings (SSSR count). The minimum absolute atomic E-state index is 0.0332. The van der Waals surface area contributed by atoms with Crippen LogP contribution in [0.25, 0.3) is 10.9 Å².